The molecule has 2 amide bonds. The summed E-state index contributed by atoms with van der Waals surface area (Å²) in [4.78, 5) is 22.3. The van der Waals surface area contributed by atoms with Crippen LogP contribution in [0.5, 0.6) is 0 Å². The Kier molecular flexibility index (Phi) is 3.38. The van der Waals surface area contributed by atoms with Crippen LogP contribution in [0.4, 0.5) is 0 Å². The molecule has 1 fully saturated rings. The molecule has 0 aromatic heterocycles. The molecule has 1 aromatic rings. The second kappa shape index (κ2) is 4.95. The van der Waals surface area contributed by atoms with Gasteiger partial charge in [0, 0.05) is 6.42 Å². The van der Waals surface area contributed by atoms with Crippen LogP contribution in [0.25, 0.3) is 6.08 Å². The Hall–Kier alpha value is -1.90. The molecule has 17 heavy (non-hydrogen) atoms. The van der Waals surface area contributed by atoms with Crippen molar-refractivity contribution in [2.75, 3.05) is 0 Å². The highest BCUT2D eigenvalue weighted by Crippen LogP contribution is 2.17. The zero-order valence-corrected chi connectivity index (χ0v) is 9.77. The van der Waals surface area contributed by atoms with Crippen molar-refractivity contribution in [1.29, 1.82) is 0 Å². The van der Waals surface area contributed by atoms with Gasteiger partial charge < -0.3 is 0 Å². The predicted octanol–water partition coefficient (Wildman–Crippen LogP) is 2.06. The van der Waals surface area contributed by atoms with Crippen LogP contribution in [0, 0.1) is 12.8 Å². The Morgan fingerprint density at radius 2 is 2.12 bits per heavy atom. The van der Waals surface area contributed by atoms with Crippen molar-refractivity contribution < 1.29 is 9.59 Å². The molecule has 1 aliphatic rings. The van der Waals surface area contributed by atoms with Gasteiger partial charge in [0.15, 0.2) is 0 Å². The Bertz CT molecular complexity index is 477. The van der Waals surface area contributed by atoms with Crippen LogP contribution in [0.15, 0.2) is 30.3 Å². The van der Waals surface area contributed by atoms with Crippen LogP contribution in [-0.2, 0) is 9.59 Å². The number of allylic oxidation sites excluding steroid dienone is 1. The molecule has 1 N–H and O–H groups in total. The molecule has 3 heteroatoms. The highest BCUT2D eigenvalue weighted by Gasteiger charge is 2.28. The molecule has 0 spiro atoms. The van der Waals surface area contributed by atoms with Crippen molar-refractivity contribution in [3.63, 3.8) is 0 Å². The number of hydrogen-bond acceptors (Lipinski definition) is 2. The molecule has 0 bridgehead atoms. The van der Waals surface area contributed by atoms with E-state index in [9.17, 15) is 9.59 Å². The molecule has 1 aliphatic heterocycles. The Balaban J connectivity index is 1.97. The summed E-state index contributed by atoms with van der Waals surface area (Å²) < 4.78 is 0. The van der Waals surface area contributed by atoms with Crippen LogP contribution >= 0.6 is 0 Å². The van der Waals surface area contributed by atoms with Gasteiger partial charge in [-0.15, -0.1) is 0 Å². The van der Waals surface area contributed by atoms with Crippen LogP contribution < -0.4 is 5.32 Å². The number of hydrogen-bond donors (Lipinski definition) is 1. The summed E-state index contributed by atoms with van der Waals surface area (Å²) >= 11 is 0. The van der Waals surface area contributed by atoms with Crippen molar-refractivity contribution in [1.82, 2.24) is 5.32 Å². The van der Waals surface area contributed by atoms with Gasteiger partial charge in [0.2, 0.25) is 11.8 Å². The fourth-order valence-electron chi connectivity index (χ4n) is 1.93. The average molecular weight is 229 g/mol. The third-order valence-corrected chi connectivity index (χ3v) is 2.97. The van der Waals surface area contributed by atoms with Crippen molar-refractivity contribution in [2.24, 2.45) is 5.92 Å². The zero-order chi connectivity index (χ0) is 12.3. The summed E-state index contributed by atoms with van der Waals surface area (Å²) in [5.41, 5.74) is 2.35. The van der Waals surface area contributed by atoms with E-state index < -0.39 is 0 Å². The third-order valence-electron chi connectivity index (χ3n) is 2.97. The van der Waals surface area contributed by atoms with Gasteiger partial charge in [-0.3, -0.25) is 14.9 Å². The number of rotatable bonds is 3. The Labute approximate surface area is 101 Å². The van der Waals surface area contributed by atoms with Gasteiger partial charge >= 0.3 is 0 Å². The van der Waals surface area contributed by atoms with E-state index in [1.165, 1.54) is 5.56 Å². The number of imide groups is 1. The SMILES string of the molecule is Cc1ccccc1/C=C/CC1CC(=O)NC1=O. The first kappa shape index (κ1) is 11.6. The molecule has 1 saturated heterocycles. The van der Waals surface area contributed by atoms with E-state index >= 15 is 0 Å². The van der Waals surface area contributed by atoms with Gasteiger partial charge in [0.25, 0.3) is 0 Å². The molecule has 1 unspecified atom stereocenters. The van der Waals surface area contributed by atoms with E-state index in [1.807, 2.05) is 43.3 Å². The first-order valence-corrected chi connectivity index (χ1v) is 5.72. The summed E-state index contributed by atoms with van der Waals surface area (Å²) in [5.74, 6) is -0.503. The van der Waals surface area contributed by atoms with Gasteiger partial charge in [-0.25, -0.2) is 0 Å². The standard InChI is InChI=1S/C14H15NO2/c1-10-5-2-3-6-11(10)7-4-8-12-9-13(16)15-14(12)17/h2-7,12H,8-9H2,1H3,(H,15,16,17)/b7-4+. The minimum Gasteiger partial charge on any atom is -0.296 e. The van der Waals surface area contributed by atoms with Gasteiger partial charge in [0.1, 0.15) is 0 Å². The Morgan fingerprint density at radius 3 is 2.76 bits per heavy atom. The maximum atomic E-state index is 11.3. The molecule has 0 aliphatic carbocycles. The molecular formula is C14H15NO2. The lowest BCUT2D eigenvalue weighted by Crippen LogP contribution is -2.21. The van der Waals surface area contributed by atoms with Crippen LogP contribution in [0.2, 0.25) is 0 Å². The maximum Gasteiger partial charge on any atom is 0.230 e. The lowest BCUT2D eigenvalue weighted by atomic mass is 10.0. The molecule has 2 rings (SSSR count). The van der Waals surface area contributed by atoms with Crippen molar-refractivity contribution in [3.8, 4) is 0 Å². The minimum atomic E-state index is -0.192. The highest BCUT2D eigenvalue weighted by molar-refractivity contribution is 6.03. The quantitative estimate of drug-likeness (QED) is 0.806. The fourth-order valence-corrected chi connectivity index (χ4v) is 1.93. The molecule has 3 nitrogen and oxygen atoms in total. The number of amides is 2. The topological polar surface area (TPSA) is 46.2 Å². The van der Waals surface area contributed by atoms with Crippen molar-refractivity contribution in [2.45, 2.75) is 19.8 Å². The lowest BCUT2D eigenvalue weighted by molar-refractivity contribution is -0.125. The highest BCUT2D eigenvalue weighted by atomic mass is 16.2. The van der Waals surface area contributed by atoms with Crippen molar-refractivity contribution >= 4 is 17.9 Å². The van der Waals surface area contributed by atoms with Gasteiger partial charge in [-0.2, -0.15) is 0 Å². The molecule has 0 radical (unpaired) electrons. The molecular weight excluding hydrogens is 214 g/mol. The van der Waals surface area contributed by atoms with E-state index in [1.54, 1.807) is 0 Å². The Morgan fingerprint density at radius 1 is 1.35 bits per heavy atom. The number of carbonyl (C=O) groups is 2. The van der Waals surface area contributed by atoms with E-state index in [0.29, 0.717) is 12.8 Å². The number of benzene rings is 1. The van der Waals surface area contributed by atoms with Gasteiger partial charge in [-0.1, -0.05) is 36.4 Å². The molecule has 1 aromatic carbocycles. The summed E-state index contributed by atoms with van der Waals surface area (Å²) in [6, 6.07) is 8.06. The van der Waals surface area contributed by atoms with Gasteiger partial charge in [0.05, 0.1) is 5.92 Å². The largest absolute Gasteiger partial charge is 0.296 e. The van der Waals surface area contributed by atoms with Crippen LogP contribution in [-0.4, -0.2) is 11.8 Å². The summed E-state index contributed by atoms with van der Waals surface area (Å²) in [7, 11) is 0. The number of aryl methyl sites for hydroxylation is 1. The zero-order valence-electron chi connectivity index (χ0n) is 9.77. The van der Waals surface area contributed by atoms with Gasteiger partial charge in [-0.05, 0) is 24.5 Å². The number of carbonyl (C=O) groups excluding carboxylic acids is 2. The summed E-state index contributed by atoms with van der Waals surface area (Å²) in [6.45, 7) is 2.05. The fraction of sp³-hybridized carbons (Fsp3) is 0.286. The third kappa shape index (κ3) is 2.81. The first-order valence-electron chi connectivity index (χ1n) is 5.72. The molecule has 88 valence electrons. The minimum absolute atomic E-state index is 0.149. The number of nitrogens with one attached hydrogen (secondary N) is 1. The average Bonchev–Trinajstić information content (AvgIpc) is 2.60. The lowest BCUT2D eigenvalue weighted by Gasteiger charge is -2.01. The normalized spacial score (nSPS) is 19.9. The van der Waals surface area contributed by atoms with E-state index in [4.69, 9.17) is 0 Å². The summed E-state index contributed by atoms with van der Waals surface area (Å²) in [5, 5.41) is 2.32. The van der Waals surface area contributed by atoms with Crippen LogP contribution in [0.1, 0.15) is 24.0 Å². The predicted molar refractivity (Wildman–Crippen MR) is 66.1 cm³/mol. The monoisotopic (exact) mass is 229 g/mol. The first-order chi connectivity index (χ1) is 8.16. The van der Waals surface area contributed by atoms with E-state index in [-0.39, 0.29) is 17.7 Å². The second-order valence-corrected chi connectivity index (χ2v) is 4.31. The molecule has 0 saturated carbocycles. The second-order valence-electron chi connectivity index (χ2n) is 4.31. The smallest absolute Gasteiger partial charge is 0.230 e. The molecule has 1 atom stereocenters. The van der Waals surface area contributed by atoms with Crippen molar-refractivity contribution in [3.05, 3.63) is 41.5 Å². The van der Waals surface area contributed by atoms with E-state index in [2.05, 4.69) is 5.32 Å². The van der Waals surface area contributed by atoms with Crippen LogP contribution in [0.3, 0.4) is 0 Å². The maximum absolute atomic E-state index is 11.3. The summed E-state index contributed by atoms with van der Waals surface area (Å²) in [6.07, 6.45) is 4.90. The molecule has 1 heterocycles. The van der Waals surface area contributed by atoms with E-state index in [0.717, 1.165) is 5.56 Å².